The molecular weight excluding hydrogens is 235 g/mol. The van der Waals surface area contributed by atoms with Crippen molar-refractivity contribution < 1.29 is 8.91 Å². The smallest absolute Gasteiger partial charge is 0.244 e. The summed E-state index contributed by atoms with van der Waals surface area (Å²) >= 11 is 0. The third kappa shape index (κ3) is 2.53. The van der Waals surface area contributed by atoms with Gasteiger partial charge in [-0.3, -0.25) is 0 Å². The van der Waals surface area contributed by atoms with Crippen LogP contribution in [0.3, 0.4) is 0 Å². The van der Waals surface area contributed by atoms with Gasteiger partial charge < -0.3 is 10.3 Å². The molecule has 0 aromatic carbocycles. The highest BCUT2D eigenvalue weighted by atomic mass is 19.1. The van der Waals surface area contributed by atoms with Crippen LogP contribution in [0.15, 0.2) is 22.9 Å². The molecule has 2 N–H and O–H groups in total. The lowest BCUT2D eigenvalue weighted by molar-refractivity contribution is 0.312. The minimum atomic E-state index is -0.404. The average molecular weight is 250 g/mol. The van der Waals surface area contributed by atoms with Crippen molar-refractivity contribution in [2.45, 2.75) is 26.3 Å². The Morgan fingerprint density at radius 3 is 2.83 bits per heavy atom. The summed E-state index contributed by atoms with van der Waals surface area (Å²) in [7, 11) is 0. The zero-order valence-electron chi connectivity index (χ0n) is 10.3. The lowest BCUT2D eigenvalue weighted by Crippen LogP contribution is -2.18. The Kier molecular flexibility index (Phi) is 3.66. The Balaban J connectivity index is 2.22. The first-order chi connectivity index (χ1) is 8.61. The van der Waals surface area contributed by atoms with Crippen LogP contribution in [-0.4, -0.2) is 15.1 Å². The topological polar surface area (TPSA) is 77.8 Å². The molecule has 2 heterocycles. The molecule has 0 saturated heterocycles. The van der Waals surface area contributed by atoms with Crippen LogP contribution in [0.2, 0.25) is 0 Å². The van der Waals surface area contributed by atoms with Crippen LogP contribution in [-0.2, 0) is 0 Å². The first-order valence-corrected chi connectivity index (χ1v) is 5.83. The quantitative estimate of drug-likeness (QED) is 0.900. The van der Waals surface area contributed by atoms with Gasteiger partial charge in [-0.2, -0.15) is 4.98 Å². The lowest BCUT2D eigenvalue weighted by atomic mass is 10.0. The Labute approximate surface area is 104 Å². The van der Waals surface area contributed by atoms with Crippen molar-refractivity contribution in [3.63, 3.8) is 0 Å². The largest absolute Gasteiger partial charge is 0.337 e. The monoisotopic (exact) mass is 250 g/mol. The number of nitrogens with two attached hydrogens (primary N) is 1. The highest BCUT2D eigenvalue weighted by Gasteiger charge is 2.20. The van der Waals surface area contributed by atoms with Crippen LogP contribution in [0.25, 0.3) is 11.5 Å². The average Bonchev–Trinajstić information content (AvgIpc) is 2.87. The Morgan fingerprint density at radius 1 is 1.44 bits per heavy atom. The van der Waals surface area contributed by atoms with Crippen LogP contribution >= 0.6 is 0 Å². The zero-order valence-corrected chi connectivity index (χ0v) is 10.3. The van der Waals surface area contributed by atoms with E-state index in [2.05, 4.69) is 15.1 Å². The lowest BCUT2D eigenvalue weighted by Gasteiger charge is -2.12. The van der Waals surface area contributed by atoms with Gasteiger partial charge in [-0.05, 0) is 18.1 Å². The Hall–Kier alpha value is -1.82. The highest BCUT2D eigenvalue weighted by Crippen LogP contribution is 2.22. The molecule has 0 fully saturated rings. The molecule has 0 aliphatic heterocycles. The first kappa shape index (κ1) is 12.6. The second-order valence-corrected chi connectivity index (χ2v) is 4.23. The summed E-state index contributed by atoms with van der Waals surface area (Å²) in [6, 6.07) is 2.50. The number of nitrogens with zero attached hydrogens (tertiary/aromatic N) is 3. The molecule has 0 bridgehead atoms. The third-order valence-electron chi connectivity index (χ3n) is 2.94. The molecule has 0 radical (unpaired) electrons. The Bertz CT molecular complexity index is 511. The third-order valence-corrected chi connectivity index (χ3v) is 2.94. The molecule has 0 saturated carbocycles. The molecule has 5 nitrogen and oxygen atoms in total. The van der Waals surface area contributed by atoms with Crippen molar-refractivity contribution >= 4 is 0 Å². The van der Waals surface area contributed by atoms with E-state index in [4.69, 9.17) is 10.3 Å². The molecule has 2 unspecified atom stereocenters. The summed E-state index contributed by atoms with van der Waals surface area (Å²) < 4.78 is 17.9. The van der Waals surface area contributed by atoms with Crippen LogP contribution in [0.4, 0.5) is 4.39 Å². The van der Waals surface area contributed by atoms with Gasteiger partial charge >= 0.3 is 0 Å². The number of hydrogen-bond donors (Lipinski definition) is 1. The predicted octanol–water partition coefficient (Wildman–Crippen LogP) is 2.32. The van der Waals surface area contributed by atoms with E-state index in [0.29, 0.717) is 17.4 Å². The summed E-state index contributed by atoms with van der Waals surface area (Å²) in [4.78, 5) is 8.08. The molecule has 0 aliphatic rings. The van der Waals surface area contributed by atoms with E-state index in [0.717, 1.165) is 12.6 Å². The van der Waals surface area contributed by atoms with E-state index < -0.39 is 5.82 Å². The van der Waals surface area contributed by atoms with Gasteiger partial charge in [0, 0.05) is 0 Å². The molecule has 2 atom stereocenters. The summed E-state index contributed by atoms with van der Waals surface area (Å²) in [6.45, 7) is 4.06. The fourth-order valence-corrected chi connectivity index (χ4v) is 1.48. The fraction of sp³-hybridized carbons (Fsp3) is 0.417. The van der Waals surface area contributed by atoms with Crippen LogP contribution in [0.5, 0.6) is 0 Å². The van der Waals surface area contributed by atoms with Gasteiger partial charge in [0.05, 0.1) is 12.2 Å². The molecule has 2 rings (SSSR count). The standard InChI is InChI=1S/C12H15FN4O/c1-3-7(2)10(14)12-16-11(17-18-12)9-5-4-8(13)6-15-9/h4-7,10H,3,14H2,1-2H3. The normalized spacial score (nSPS) is 14.4. The minimum Gasteiger partial charge on any atom is -0.337 e. The maximum Gasteiger partial charge on any atom is 0.244 e. The van der Waals surface area contributed by atoms with Crippen molar-refractivity contribution in [2.24, 2.45) is 11.7 Å². The minimum absolute atomic E-state index is 0.250. The van der Waals surface area contributed by atoms with E-state index in [1.807, 2.05) is 13.8 Å². The van der Waals surface area contributed by atoms with Gasteiger partial charge in [-0.1, -0.05) is 25.4 Å². The molecule has 96 valence electrons. The summed E-state index contributed by atoms with van der Waals surface area (Å²) in [6.07, 6.45) is 2.04. The van der Waals surface area contributed by atoms with E-state index in [1.54, 1.807) is 0 Å². The second kappa shape index (κ2) is 5.22. The van der Waals surface area contributed by atoms with Gasteiger partial charge in [0.15, 0.2) is 0 Å². The van der Waals surface area contributed by atoms with E-state index in [9.17, 15) is 4.39 Å². The predicted molar refractivity (Wildman–Crippen MR) is 63.9 cm³/mol. The van der Waals surface area contributed by atoms with Gasteiger partial charge in [-0.15, -0.1) is 0 Å². The van der Waals surface area contributed by atoms with Gasteiger partial charge in [0.25, 0.3) is 0 Å². The summed E-state index contributed by atoms with van der Waals surface area (Å²) in [5.41, 5.74) is 6.45. The number of hydrogen-bond acceptors (Lipinski definition) is 5. The van der Waals surface area contributed by atoms with Crippen molar-refractivity contribution in [3.8, 4) is 11.5 Å². The molecule has 0 amide bonds. The molecule has 2 aromatic heterocycles. The SMILES string of the molecule is CCC(C)C(N)c1nc(-c2ccc(F)cn2)no1. The van der Waals surface area contributed by atoms with Gasteiger partial charge in [0.2, 0.25) is 11.7 Å². The molecule has 0 aliphatic carbocycles. The molecular formula is C12H15FN4O. The van der Waals surface area contributed by atoms with Gasteiger partial charge in [-0.25, -0.2) is 9.37 Å². The first-order valence-electron chi connectivity index (χ1n) is 5.83. The molecule has 2 aromatic rings. The second-order valence-electron chi connectivity index (χ2n) is 4.23. The number of rotatable bonds is 4. The van der Waals surface area contributed by atoms with Crippen molar-refractivity contribution in [2.75, 3.05) is 0 Å². The van der Waals surface area contributed by atoms with Gasteiger partial charge in [0.1, 0.15) is 11.5 Å². The maximum atomic E-state index is 12.7. The molecule has 0 spiro atoms. The maximum absolute atomic E-state index is 12.7. The number of pyridine rings is 1. The summed E-state index contributed by atoms with van der Waals surface area (Å²) in [5, 5.41) is 3.80. The van der Waals surface area contributed by atoms with Crippen LogP contribution < -0.4 is 5.73 Å². The Morgan fingerprint density at radius 2 is 2.22 bits per heavy atom. The fourth-order valence-electron chi connectivity index (χ4n) is 1.48. The van der Waals surface area contributed by atoms with Crippen LogP contribution in [0, 0.1) is 11.7 Å². The number of aromatic nitrogens is 3. The van der Waals surface area contributed by atoms with E-state index in [1.165, 1.54) is 12.1 Å². The number of halogens is 1. The summed E-state index contributed by atoms with van der Waals surface area (Å²) in [5.74, 6) is 0.549. The highest BCUT2D eigenvalue weighted by molar-refractivity contribution is 5.47. The van der Waals surface area contributed by atoms with Crippen molar-refractivity contribution in [1.29, 1.82) is 0 Å². The van der Waals surface area contributed by atoms with Crippen molar-refractivity contribution in [1.82, 2.24) is 15.1 Å². The van der Waals surface area contributed by atoms with Crippen LogP contribution in [0.1, 0.15) is 32.2 Å². The van der Waals surface area contributed by atoms with Crippen molar-refractivity contribution in [3.05, 3.63) is 30.0 Å². The molecule has 6 heteroatoms. The zero-order chi connectivity index (χ0) is 13.1. The molecule has 18 heavy (non-hydrogen) atoms. The van der Waals surface area contributed by atoms with E-state index >= 15 is 0 Å². The van der Waals surface area contributed by atoms with E-state index in [-0.39, 0.29) is 12.0 Å².